The second-order valence-electron chi connectivity index (χ2n) is 8.89. The van der Waals surface area contributed by atoms with Gasteiger partial charge in [-0.05, 0) is 50.3 Å². The summed E-state index contributed by atoms with van der Waals surface area (Å²) in [5.74, 6) is 0.660. The van der Waals surface area contributed by atoms with E-state index in [0.29, 0.717) is 30.9 Å². The van der Waals surface area contributed by atoms with Crippen molar-refractivity contribution in [1.29, 1.82) is 0 Å². The van der Waals surface area contributed by atoms with Gasteiger partial charge in [0, 0.05) is 56.3 Å². The maximum absolute atomic E-state index is 13.1. The standard InChI is InChI=1S/C24H29FN6O3/c1-2-34-16-31-24(33)30-10-7-20(12-21(30)27-31)29-9-4-6-18-11-19(14-26-22(18)29)23(32)28-8-3-5-17(13-25)15-28/h7,10-12,14,17H,2-6,8-9,13,15-16H2,1H3/t17-/m0/s1. The van der Waals surface area contributed by atoms with Crippen molar-refractivity contribution in [1.82, 2.24) is 24.1 Å². The van der Waals surface area contributed by atoms with Crippen molar-refractivity contribution in [2.45, 2.75) is 39.3 Å². The van der Waals surface area contributed by atoms with Gasteiger partial charge in [-0.3, -0.25) is 13.6 Å². The maximum Gasteiger partial charge on any atom is 0.352 e. The number of likely N-dealkylation sites (tertiary alicyclic amines) is 1. The van der Waals surface area contributed by atoms with Crippen LogP contribution in [-0.2, 0) is 17.9 Å². The molecule has 180 valence electrons. The summed E-state index contributed by atoms with van der Waals surface area (Å²) < 4.78 is 21.3. The molecule has 0 N–H and O–H groups in total. The van der Waals surface area contributed by atoms with Crippen molar-refractivity contribution >= 4 is 23.1 Å². The lowest BCUT2D eigenvalue weighted by Gasteiger charge is -2.33. The maximum atomic E-state index is 13.1. The van der Waals surface area contributed by atoms with E-state index >= 15 is 0 Å². The van der Waals surface area contributed by atoms with Gasteiger partial charge in [-0.2, -0.15) is 4.68 Å². The number of ether oxygens (including phenoxy) is 1. The van der Waals surface area contributed by atoms with Crippen molar-refractivity contribution in [2.24, 2.45) is 5.92 Å². The summed E-state index contributed by atoms with van der Waals surface area (Å²) in [5, 5.41) is 4.38. The number of fused-ring (bicyclic) bond motifs is 2. The lowest BCUT2D eigenvalue weighted by molar-refractivity contribution is 0.0656. The number of hydrogen-bond donors (Lipinski definition) is 0. The van der Waals surface area contributed by atoms with Gasteiger partial charge < -0.3 is 14.5 Å². The number of carbonyl (C=O) groups is 1. The topological polar surface area (TPSA) is 85.0 Å². The van der Waals surface area contributed by atoms with Crippen molar-refractivity contribution in [3.05, 3.63) is 52.2 Å². The molecule has 3 aromatic rings. The Balaban J connectivity index is 1.41. The number of rotatable bonds is 6. The van der Waals surface area contributed by atoms with Crippen LogP contribution in [-0.4, -0.2) is 62.9 Å². The first-order valence-electron chi connectivity index (χ1n) is 11.9. The Morgan fingerprint density at radius 1 is 1.26 bits per heavy atom. The highest BCUT2D eigenvalue weighted by Crippen LogP contribution is 2.33. The van der Waals surface area contributed by atoms with Crippen molar-refractivity contribution in [3.8, 4) is 0 Å². The van der Waals surface area contributed by atoms with Crippen LogP contribution >= 0.6 is 0 Å². The number of aromatic nitrogens is 4. The molecule has 0 spiro atoms. The monoisotopic (exact) mass is 468 g/mol. The molecule has 0 unspecified atom stereocenters. The number of piperidine rings is 1. The van der Waals surface area contributed by atoms with E-state index in [1.165, 1.54) is 9.08 Å². The zero-order valence-corrected chi connectivity index (χ0v) is 19.3. The summed E-state index contributed by atoms with van der Waals surface area (Å²) in [6, 6.07) is 5.67. The molecule has 1 fully saturated rings. The van der Waals surface area contributed by atoms with Crippen LogP contribution in [0.25, 0.3) is 5.65 Å². The fourth-order valence-corrected chi connectivity index (χ4v) is 4.83. The number of halogens is 1. The molecule has 5 heterocycles. The molecule has 0 aromatic carbocycles. The first-order chi connectivity index (χ1) is 16.6. The quantitative estimate of drug-likeness (QED) is 0.553. The molecule has 0 aliphatic carbocycles. The van der Waals surface area contributed by atoms with Crippen LogP contribution in [0.5, 0.6) is 0 Å². The lowest BCUT2D eigenvalue weighted by atomic mass is 9.98. The zero-order chi connectivity index (χ0) is 23.7. The fraction of sp³-hybridized carbons (Fsp3) is 0.500. The molecule has 2 aliphatic rings. The van der Waals surface area contributed by atoms with E-state index < -0.39 is 0 Å². The molecular weight excluding hydrogens is 439 g/mol. The molecule has 34 heavy (non-hydrogen) atoms. The van der Waals surface area contributed by atoms with Gasteiger partial charge in [-0.1, -0.05) is 0 Å². The van der Waals surface area contributed by atoms with Gasteiger partial charge in [0.05, 0.1) is 12.2 Å². The Labute approximate surface area is 196 Å². The van der Waals surface area contributed by atoms with Crippen LogP contribution in [0, 0.1) is 5.92 Å². The summed E-state index contributed by atoms with van der Waals surface area (Å²) in [7, 11) is 0. The molecule has 2 aliphatic heterocycles. The largest absolute Gasteiger partial charge is 0.359 e. The number of hydrogen-bond acceptors (Lipinski definition) is 6. The first kappa shape index (κ1) is 22.5. The number of aryl methyl sites for hydroxylation is 1. The van der Waals surface area contributed by atoms with Crippen molar-refractivity contribution in [2.75, 3.05) is 37.8 Å². The molecule has 10 heteroatoms. The van der Waals surface area contributed by atoms with E-state index in [1.54, 1.807) is 17.3 Å². The highest BCUT2D eigenvalue weighted by atomic mass is 19.1. The minimum Gasteiger partial charge on any atom is -0.359 e. The molecular formula is C24H29FN6O3. The van der Waals surface area contributed by atoms with Gasteiger partial charge >= 0.3 is 5.69 Å². The first-order valence-corrected chi connectivity index (χ1v) is 11.9. The highest BCUT2D eigenvalue weighted by Gasteiger charge is 2.27. The van der Waals surface area contributed by atoms with E-state index in [-0.39, 0.29) is 30.9 Å². The van der Waals surface area contributed by atoms with E-state index in [9.17, 15) is 14.0 Å². The van der Waals surface area contributed by atoms with Crippen molar-refractivity contribution in [3.63, 3.8) is 0 Å². The third-order valence-corrected chi connectivity index (χ3v) is 6.60. The number of amides is 1. The Hall–Kier alpha value is -3.27. The number of anilines is 2. The van der Waals surface area contributed by atoms with Crippen molar-refractivity contribution < 1.29 is 13.9 Å². The second-order valence-corrected chi connectivity index (χ2v) is 8.89. The normalized spacial score (nSPS) is 18.4. The van der Waals surface area contributed by atoms with Crippen LogP contribution in [0.1, 0.15) is 42.1 Å². The molecule has 1 saturated heterocycles. The molecule has 0 saturated carbocycles. The predicted octanol–water partition coefficient (Wildman–Crippen LogP) is 2.79. The number of nitrogens with zero attached hydrogens (tertiary/aromatic N) is 6. The molecule has 3 aromatic heterocycles. The summed E-state index contributed by atoms with van der Waals surface area (Å²) in [6.45, 7) is 3.99. The Morgan fingerprint density at radius 3 is 2.97 bits per heavy atom. The summed E-state index contributed by atoms with van der Waals surface area (Å²) in [5.41, 5.74) is 2.74. The van der Waals surface area contributed by atoms with E-state index in [4.69, 9.17) is 4.74 Å². The smallest absolute Gasteiger partial charge is 0.352 e. The molecule has 5 rings (SSSR count). The Morgan fingerprint density at radius 2 is 2.15 bits per heavy atom. The van der Waals surface area contributed by atoms with Gasteiger partial charge in [-0.25, -0.2) is 9.78 Å². The van der Waals surface area contributed by atoms with Gasteiger partial charge in [0.25, 0.3) is 5.91 Å². The second kappa shape index (κ2) is 9.54. The molecule has 1 amide bonds. The summed E-state index contributed by atoms with van der Waals surface area (Å²) in [6.07, 6.45) is 6.75. The van der Waals surface area contributed by atoms with Crippen LogP contribution in [0.3, 0.4) is 0 Å². The highest BCUT2D eigenvalue weighted by molar-refractivity contribution is 5.94. The van der Waals surface area contributed by atoms with Gasteiger partial charge in [0.15, 0.2) is 5.65 Å². The molecule has 9 nitrogen and oxygen atoms in total. The molecule has 0 bridgehead atoms. The average molecular weight is 469 g/mol. The third-order valence-electron chi connectivity index (χ3n) is 6.60. The summed E-state index contributed by atoms with van der Waals surface area (Å²) in [4.78, 5) is 34.1. The third kappa shape index (κ3) is 4.18. The van der Waals surface area contributed by atoms with E-state index in [0.717, 1.165) is 49.3 Å². The zero-order valence-electron chi connectivity index (χ0n) is 19.3. The minimum atomic E-state index is -0.387. The van der Waals surface area contributed by atoms with Gasteiger partial charge in [0.1, 0.15) is 12.5 Å². The van der Waals surface area contributed by atoms with Crippen LogP contribution in [0.4, 0.5) is 15.9 Å². The Kier molecular flexibility index (Phi) is 6.32. The van der Waals surface area contributed by atoms with E-state index in [1.807, 2.05) is 25.1 Å². The average Bonchev–Trinajstić information content (AvgIpc) is 3.20. The Bertz CT molecular complexity index is 1260. The van der Waals surface area contributed by atoms with Crippen LogP contribution in [0.15, 0.2) is 35.4 Å². The van der Waals surface area contributed by atoms with E-state index in [2.05, 4.69) is 15.0 Å². The van der Waals surface area contributed by atoms with Crippen LogP contribution in [0.2, 0.25) is 0 Å². The van der Waals surface area contributed by atoms with Gasteiger partial charge in [0.2, 0.25) is 0 Å². The number of pyridine rings is 2. The SMILES string of the molecule is CCOCn1nc2cc(N3CCCc4cc(C(=O)N5CCC[C@@H](CF)C5)cnc43)ccn2c1=O. The summed E-state index contributed by atoms with van der Waals surface area (Å²) >= 11 is 0. The molecule has 1 atom stereocenters. The predicted molar refractivity (Wildman–Crippen MR) is 125 cm³/mol. The lowest BCUT2D eigenvalue weighted by Crippen LogP contribution is -2.40. The van der Waals surface area contributed by atoms with Gasteiger partial charge in [-0.15, -0.1) is 5.10 Å². The van der Waals surface area contributed by atoms with Crippen LogP contribution < -0.4 is 10.6 Å². The fourth-order valence-electron chi connectivity index (χ4n) is 4.83. The number of carbonyl (C=O) groups excluding carboxylic acids is 1. The minimum absolute atomic E-state index is 0.0711. The number of alkyl halides is 1. The molecule has 0 radical (unpaired) electrons.